The molecule has 1 aliphatic heterocycles. The fourth-order valence-electron chi connectivity index (χ4n) is 5.83. The molecular formula is C33H31BrFN3O2. The first-order chi connectivity index (χ1) is 19.0. The summed E-state index contributed by atoms with van der Waals surface area (Å²) < 4.78 is 20.2. The lowest BCUT2D eigenvalue weighted by Crippen LogP contribution is -2.42. The Balaban J connectivity index is 1.67. The number of nitrogens with two attached hydrogens (primary N) is 1. The van der Waals surface area contributed by atoms with Crippen molar-refractivity contribution in [3.63, 3.8) is 0 Å². The molecular weight excluding hydrogens is 569 g/mol. The van der Waals surface area contributed by atoms with E-state index in [9.17, 15) is 14.4 Å². The van der Waals surface area contributed by atoms with Gasteiger partial charge in [0.05, 0.1) is 23.2 Å². The molecule has 1 heterocycles. The Labute approximate surface area is 242 Å². The molecule has 3 aromatic carbocycles. The van der Waals surface area contributed by atoms with Gasteiger partial charge in [0.1, 0.15) is 24.0 Å². The Morgan fingerprint density at radius 2 is 1.82 bits per heavy atom. The van der Waals surface area contributed by atoms with Crippen molar-refractivity contribution in [3.8, 4) is 11.8 Å². The van der Waals surface area contributed by atoms with E-state index in [1.165, 1.54) is 12.1 Å². The number of aryl methyl sites for hydroxylation is 1. The Kier molecular flexibility index (Phi) is 7.32. The number of anilines is 1. The number of rotatable bonds is 5. The van der Waals surface area contributed by atoms with Crippen molar-refractivity contribution in [2.75, 3.05) is 4.90 Å². The fourth-order valence-corrected chi connectivity index (χ4v) is 6.30. The molecule has 40 heavy (non-hydrogen) atoms. The lowest BCUT2D eigenvalue weighted by molar-refractivity contribution is -0.118. The second-order valence-electron chi connectivity index (χ2n) is 11.3. The summed E-state index contributed by atoms with van der Waals surface area (Å²) in [7, 11) is 0. The lowest BCUT2D eigenvalue weighted by Gasteiger charge is -2.44. The Morgan fingerprint density at radius 1 is 1.12 bits per heavy atom. The fraction of sp³-hybridized carbons (Fsp3) is 0.273. The van der Waals surface area contributed by atoms with Gasteiger partial charge in [-0.2, -0.15) is 5.26 Å². The molecule has 2 aliphatic rings. The van der Waals surface area contributed by atoms with Gasteiger partial charge in [0.25, 0.3) is 0 Å². The molecule has 0 spiro atoms. The van der Waals surface area contributed by atoms with Crippen LogP contribution in [0, 0.1) is 36.4 Å². The van der Waals surface area contributed by atoms with Crippen LogP contribution in [0.25, 0.3) is 0 Å². The van der Waals surface area contributed by atoms with Crippen molar-refractivity contribution in [3.05, 3.63) is 116 Å². The molecule has 2 N–H and O–H groups in total. The summed E-state index contributed by atoms with van der Waals surface area (Å²) in [5.41, 5.74) is 12.9. The minimum atomic E-state index is -0.591. The van der Waals surface area contributed by atoms with E-state index >= 15 is 0 Å². The van der Waals surface area contributed by atoms with Crippen LogP contribution in [-0.4, -0.2) is 5.78 Å². The summed E-state index contributed by atoms with van der Waals surface area (Å²) in [5.74, 6) is -0.00532. The van der Waals surface area contributed by atoms with Crippen LogP contribution in [0.1, 0.15) is 54.9 Å². The quantitative estimate of drug-likeness (QED) is 0.324. The number of allylic oxidation sites excluding steroid dienone is 3. The third kappa shape index (κ3) is 5.04. The maximum absolute atomic E-state index is 14.0. The molecule has 1 aliphatic carbocycles. The molecule has 1 unspecified atom stereocenters. The van der Waals surface area contributed by atoms with Gasteiger partial charge in [-0.1, -0.05) is 43.7 Å². The van der Waals surface area contributed by atoms with E-state index in [4.69, 9.17) is 10.5 Å². The molecule has 0 saturated heterocycles. The van der Waals surface area contributed by atoms with Crippen LogP contribution in [0.4, 0.5) is 10.1 Å². The zero-order valence-corrected chi connectivity index (χ0v) is 24.6. The van der Waals surface area contributed by atoms with Crippen molar-refractivity contribution in [2.24, 2.45) is 11.1 Å². The van der Waals surface area contributed by atoms with Gasteiger partial charge in [-0.15, -0.1) is 0 Å². The predicted molar refractivity (Wildman–Crippen MR) is 158 cm³/mol. The van der Waals surface area contributed by atoms with Gasteiger partial charge < -0.3 is 10.5 Å². The zero-order chi connectivity index (χ0) is 28.8. The molecule has 7 heteroatoms. The van der Waals surface area contributed by atoms with E-state index in [0.717, 1.165) is 38.1 Å². The number of halogens is 2. The number of hydrogen-bond acceptors (Lipinski definition) is 5. The molecule has 5 rings (SSSR count). The summed E-state index contributed by atoms with van der Waals surface area (Å²) >= 11 is 3.65. The minimum Gasteiger partial charge on any atom is -0.489 e. The minimum absolute atomic E-state index is 0.0265. The highest BCUT2D eigenvalue weighted by atomic mass is 79.9. The number of nitriles is 1. The third-order valence-electron chi connectivity index (χ3n) is 7.69. The molecule has 0 fully saturated rings. The smallest absolute Gasteiger partial charge is 0.162 e. The number of carbonyl (C=O) groups is 1. The Morgan fingerprint density at radius 3 is 2.50 bits per heavy atom. The van der Waals surface area contributed by atoms with Gasteiger partial charge in [-0.05, 0) is 94.7 Å². The SMILES string of the molecule is Cc1cc(COc2ccc(F)cc2)c(C)c(C2C(C#N)=C(N)N(c3ccccc3Br)C3=C2C(=O)CC(C)(C)C3)c1. The molecule has 5 nitrogen and oxygen atoms in total. The molecule has 3 aromatic rings. The third-order valence-corrected chi connectivity index (χ3v) is 8.36. The van der Waals surface area contributed by atoms with Gasteiger partial charge >= 0.3 is 0 Å². The molecule has 1 atom stereocenters. The van der Waals surface area contributed by atoms with Crippen LogP contribution in [0.5, 0.6) is 5.75 Å². The molecule has 0 amide bonds. The summed E-state index contributed by atoms with van der Waals surface area (Å²) in [5, 5.41) is 10.5. The number of nitrogens with zero attached hydrogens (tertiary/aromatic N) is 2. The van der Waals surface area contributed by atoms with E-state index in [1.807, 2.05) is 55.1 Å². The van der Waals surface area contributed by atoms with Gasteiger partial charge in [-0.25, -0.2) is 4.39 Å². The first-order valence-corrected chi connectivity index (χ1v) is 14.0. The molecule has 0 radical (unpaired) electrons. The largest absolute Gasteiger partial charge is 0.489 e. The van der Waals surface area contributed by atoms with Crippen LogP contribution in [0.3, 0.4) is 0 Å². The van der Waals surface area contributed by atoms with Gasteiger partial charge in [0, 0.05) is 22.2 Å². The summed E-state index contributed by atoms with van der Waals surface area (Å²) in [6, 6.07) is 20.1. The number of benzene rings is 3. The normalized spacial score (nSPS) is 18.5. The van der Waals surface area contributed by atoms with E-state index in [1.54, 1.807) is 12.1 Å². The second kappa shape index (κ2) is 10.6. The van der Waals surface area contributed by atoms with E-state index < -0.39 is 5.92 Å². The van der Waals surface area contributed by atoms with Crippen LogP contribution in [0.2, 0.25) is 0 Å². The average Bonchev–Trinajstić information content (AvgIpc) is 2.89. The number of ketones is 1. The molecule has 0 aromatic heterocycles. The van der Waals surface area contributed by atoms with Crippen LogP contribution in [-0.2, 0) is 11.4 Å². The lowest BCUT2D eigenvalue weighted by atomic mass is 9.68. The number of carbonyl (C=O) groups excluding carboxylic acids is 1. The van der Waals surface area contributed by atoms with E-state index in [0.29, 0.717) is 35.6 Å². The van der Waals surface area contributed by atoms with E-state index in [2.05, 4.69) is 35.8 Å². The maximum atomic E-state index is 14.0. The van der Waals surface area contributed by atoms with E-state index in [-0.39, 0.29) is 23.6 Å². The second-order valence-corrected chi connectivity index (χ2v) is 12.2. The van der Waals surface area contributed by atoms with Crippen molar-refractivity contribution >= 4 is 27.4 Å². The molecule has 0 saturated carbocycles. The predicted octanol–water partition coefficient (Wildman–Crippen LogP) is 7.72. The first kappa shape index (κ1) is 27.7. The number of Topliss-reactive ketones (excluding diaryl/α,β-unsaturated/α-hetero) is 1. The van der Waals surface area contributed by atoms with Crippen molar-refractivity contribution in [1.29, 1.82) is 5.26 Å². The number of hydrogen-bond donors (Lipinski definition) is 1. The summed E-state index contributed by atoms with van der Waals surface area (Å²) in [6.07, 6.45) is 1.02. The molecule has 204 valence electrons. The van der Waals surface area contributed by atoms with Crippen molar-refractivity contribution in [1.82, 2.24) is 0 Å². The zero-order valence-electron chi connectivity index (χ0n) is 23.0. The van der Waals surface area contributed by atoms with Gasteiger partial charge in [0.15, 0.2) is 5.78 Å². The van der Waals surface area contributed by atoms with Crippen LogP contribution in [0.15, 0.2) is 87.8 Å². The summed E-state index contributed by atoms with van der Waals surface area (Å²) in [4.78, 5) is 15.8. The van der Waals surface area contributed by atoms with Crippen molar-refractivity contribution < 1.29 is 13.9 Å². The molecule has 0 bridgehead atoms. The topological polar surface area (TPSA) is 79.3 Å². The first-order valence-electron chi connectivity index (χ1n) is 13.2. The number of ether oxygens (including phenoxy) is 1. The van der Waals surface area contributed by atoms with Crippen molar-refractivity contribution in [2.45, 2.75) is 53.1 Å². The highest BCUT2D eigenvalue weighted by Crippen LogP contribution is 2.51. The van der Waals surface area contributed by atoms with Gasteiger partial charge in [-0.3, -0.25) is 9.69 Å². The highest BCUT2D eigenvalue weighted by Gasteiger charge is 2.45. The maximum Gasteiger partial charge on any atom is 0.162 e. The van der Waals surface area contributed by atoms with Gasteiger partial charge in [0.2, 0.25) is 0 Å². The standard InChI is InChI=1S/C33H31BrFN3O2/c1-19-13-21(18-40-23-11-9-22(35)10-12-23)20(2)24(14-19)30-25(17-36)32(37)38(27-8-6-5-7-26(27)34)28-15-33(3,4)16-29(39)31(28)30/h5-14,30H,15-16,18,37H2,1-4H3. The number of para-hydroxylation sites is 1. The Hall–Kier alpha value is -3.89. The summed E-state index contributed by atoms with van der Waals surface area (Å²) in [6.45, 7) is 8.41. The van der Waals surface area contributed by atoms with Crippen LogP contribution >= 0.6 is 15.9 Å². The monoisotopic (exact) mass is 599 g/mol. The Bertz CT molecular complexity index is 1620. The highest BCUT2D eigenvalue weighted by molar-refractivity contribution is 9.10. The van der Waals surface area contributed by atoms with Crippen LogP contribution < -0.4 is 15.4 Å². The average molecular weight is 601 g/mol.